The average molecular weight is 276 g/mol. The van der Waals surface area contributed by atoms with Crippen molar-refractivity contribution in [3.63, 3.8) is 0 Å². The summed E-state index contributed by atoms with van der Waals surface area (Å²) < 4.78 is 13.7. The Morgan fingerprint density at radius 1 is 1.21 bits per heavy atom. The van der Waals surface area contributed by atoms with Gasteiger partial charge in [-0.2, -0.15) is 0 Å². The Kier molecular flexibility index (Phi) is 3.43. The molecular weight excluding hydrogens is 261 g/mol. The molecule has 1 atom stereocenters. The number of benzene rings is 2. The van der Waals surface area contributed by atoms with E-state index in [0.717, 1.165) is 12.8 Å². The summed E-state index contributed by atoms with van der Waals surface area (Å²) in [5.41, 5.74) is 3.19. The third kappa shape index (κ3) is 2.74. The van der Waals surface area contributed by atoms with Gasteiger partial charge in [0, 0.05) is 16.8 Å². The van der Waals surface area contributed by atoms with E-state index in [1.807, 2.05) is 6.07 Å². The van der Waals surface area contributed by atoms with E-state index in [2.05, 4.69) is 23.5 Å². The second-order valence-corrected chi connectivity index (χ2v) is 5.41. The van der Waals surface area contributed by atoms with Crippen molar-refractivity contribution in [1.29, 1.82) is 0 Å². The van der Waals surface area contributed by atoms with Crippen LogP contribution in [0.3, 0.4) is 0 Å². The molecule has 19 heavy (non-hydrogen) atoms. The van der Waals surface area contributed by atoms with E-state index in [1.54, 1.807) is 12.1 Å². The van der Waals surface area contributed by atoms with Gasteiger partial charge in [-0.3, -0.25) is 0 Å². The van der Waals surface area contributed by atoms with Crippen molar-refractivity contribution >= 4 is 17.3 Å². The number of nitrogens with one attached hydrogen (secondary N) is 1. The first-order chi connectivity index (χ1) is 9.22. The number of para-hydroxylation sites is 1. The molecule has 2 aromatic rings. The topological polar surface area (TPSA) is 12.0 Å². The maximum absolute atomic E-state index is 13.7. The standard InChI is InChI=1S/C16H15ClFN/c17-13-6-8-15(18)12(9-13)10-14-7-5-11-3-1-2-4-16(11)19-14/h1-4,6,8-9,14,19H,5,7,10H2. The van der Waals surface area contributed by atoms with E-state index in [1.165, 1.54) is 17.3 Å². The summed E-state index contributed by atoms with van der Waals surface area (Å²) in [5, 5.41) is 4.07. The van der Waals surface area contributed by atoms with Crippen molar-refractivity contribution in [3.8, 4) is 0 Å². The van der Waals surface area contributed by atoms with Crippen molar-refractivity contribution < 1.29 is 4.39 Å². The molecule has 2 aromatic carbocycles. The maximum atomic E-state index is 13.7. The van der Waals surface area contributed by atoms with Crippen LogP contribution in [0.2, 0.25) is 5.02 Å². The molecule has 0 aromatic heterocycles. The zero-order valence-corrected chi connectivity index (χ0v) is 11.3. The van der Waals surface area contributed by atoms with Crippen molar-refractivity contribution in [3.05, 3.63) is 64.4 Å². The summed E-state index contributed by atoms with van der Waals surface area (Å²) in [5.74, 6) is -0.176. The number of anilines is 1. The Morgan fingerprint density at radius 2 is 2.05 bits per heavy atom. The summed E-state index contributed by atoms with van der Waals surface area (Å²) in [6.07, 6.45) is 2.72. The fraction of sp³-hybridized carbons (Fsp3) is 0.250. The zero-order valence-electron chi connectivity index (χ0n) is 10.5. The molecule has 0 aliphatic carbocycles. The zero-order chi connectivity index (χ0) is 13.2. The van der Waals surface area contributed by atoms with Crippen LogP contribution in [-0.2, 0) is 12.8 Å². The van der Waals surface area contributed by atoms with Crippen molar-refractivity contribution in [2.75, 3.05) is 5.32 Å². The van der Waals surface area contributed by atoms with Gasteiger partial charge in [-0.15, -0.1) is 0 Å². The van der Waals surface area contributed by atoms with Crippen LogP contribution < -0.4 is 5.32 Å². The number of fused-ring (bicyclic) bond motifs is 1. The molecule has 1 N–H and O–H groups in total. The van der Waals surface area contributed by atoms with Gasteiger partial charge in [0.1, 0.15) is 5.82 Å². The van der Waals surface area contributed by atoms with Gasteiger partial charge < -0.3 is 5.32 Å². The number of aryl methyl sites for hydroxylation is 1. The Labute approximate surface area is 117 Å². The van der Waals surface area contributed by atoms with Gasteiger partial charge in [0.2, 0.25) is 0 Å². The third-order valence-electron chi connectivity index (χ3n) is 3.61. The minimum atomic E-state index is -0.176. The van der Waals surface area contributed by atoms with Crippen LogP contribution in [0.4, 0.5) is 10.1 Å². The van der Waals surface area contributed by atoms with E-state index >= 15 is 0 Å². The van der Waals surface area contributed by atoms with E-state index in [4.69, 9.17) is 11.6 Å². The Bertz CT molecular complexity index is 597. The van der Waals surface area contributed by atoms with E-state index in [9.17, 15) is 4.39 Å². The minimum absolute atomic E-state index is 0.176. The summed E-state index contributed by atoms with van der Waals surface area (Å²) >= 11 is 5.93. The van der Waals surface area contributed by atoms with E-state index in [-0.39, 0.29) is 11.9 Å². The Hall–Kier alpha value is -1.54. The lowest BCUT2D eigenvalue weighted by Crippen LogP contribution is -2.27. The predicted octanol–water partition coefficient (Wildman–Crippen LogP) is 4.45. The first-order valence-corrected chi connectivity index (χ1v) is 6.88. The second kappa shape index (κ2) is 5.22. The van der Waals surface area contributed by atoms with Crippen molar-refractivity contribution in [1.82, 2.24) is 0 Å². The lowest BCUT2D eigenvalue weighted by atomic mass is 9.94. The van der Waals surface area contributed by atoms with Gasteiger partial charge in [0.05, 0.1) is 0 Å². The quantitative estimate of drug-likeness (QED) is 0.854. The van der Waals surface area contributed by atoms with Crippen LogP contribution in [0.25, 0.3) is 0 Å². The number of rotatable bonds is 2. The highest BCUT2D eigenvalue weighted by Crippen LogP contribution is 2.27. The van der Waals surface area contributed by atoms with Gasteiger partial charge in [0.25, 0.3) is 0 Å². The van der Waals surface area contributed by atoms with Crippen LogP contribution in [0, 0.1) is 5.82 Å². The molecule has 0 fully saturated rings. The second-order valence-electron chi connectivity index (χ2n) is 4.98. The van der Waals surface area contributed by atoms with Crippen LogP contribution in [0.5, 0.6) is 0 Å². The summed E-state index contributed by atoms with van der Waals surface area (Å²) in [6, 6.07) is 13.3. The van der Waals surface area contributed by atoms with Crippen LogP contribution >= 0.6 is 11.6 Å². The molecule has 3 heteroatoms. The molecule has 0 amide bonds. The van der Waals surface area contributed by atoms with Crippen molar-refractivity contribution in [2.24, 2.45) is 0 Å². The molecule has 0 radical (unpaired) electrons. The summed E-state index contributed by atoms with van der Waals surface area (Å²) in [6.45, 7) is 0. The van der Waals surface area contributed by atoms with Gasteiger partial charge in [-0.05, 0) is 54.7 Å². The number of hydrogen-bond donors (Lipinski definition) is 1. The first-order valence-electron chi connectivity index (χ1n) is 6.51. The molecular formula is C16H15ClFN. The molecule has 1 aliphatic rings. The molecule has 98 valence electrons. The monoisotopic (exact) mass is 275 g/mol. The summed E-state index contributed by atoms with van der Waals surface area (Å²) in [4.78, 5) is 0. The normalized spacial score (nSPS) is 17.7. The molecule has 0 spiro atoms. The third-order valence-corrected chi connectivity index (χ3v) is 3.85. The predicted molar refractivity (Wildman–Crippen MR) is 77.3 cm³/mol. The smallest absolute Gasteiger partial charge is 0.126 e. The Morgan fingerprint density at radius 3 is 2.95 bits per heavy atom. The number of hydrogen-bond acceptors (Lipinski definition) is 1. The highest BCUT2D eigenvalue weighted by molar-refractivity contribution is 6.30. The highest BCUT2D eigenvalue weighted by Gasteiger charge is 2.18. The maximum Gasteiger partial charge on any atom is 0.126 e. The molecule has 0 saturated heterocycles. The van der Waals surface area contributed by atoms with Crippen LogP contribution in [0.1, 0.15) is 17.5 Å². The SMILES string of the molecule is Fc1ccc(Cl)cc1CC1CCc2ccccc2N1. The fourth-order valence-electron chi connectivity index (χ4n) is 2.62. The fourth-order valence-corrected chi connectivity index (χ4v) is 2.81. The minimum Gasteiger partial charge on any atom is -0.382 e. The molecule has 1 unspecified atom stereocenters. The molecule has 0 saturated carbocycles. The Balaban J connectivity index is 1.77. The molecule has 0 bridgehead atoms. The van der Waals surface area contributed by atoms with Crippen molar-refractivity contribution in [2.45, 2.75) is 25.3 Å². The van der Waals surface area contributed by atoms with Crippen LogP contribution in [0.15, 0.2) is 42.5 Å². The first kappa shape index (κ1) is 12.5. The van der Waals surface area contributed by atoms with Gasteiger partial charge in [-0.25, -0.2) is 4.39 Å². The van der Waals surface area contributed by atoms with Gasteiger partial charge in [-0.1, -0.05) is 29.8 Å². The average Bonchev–Trinajstić information content (AvgIpc) is 2.43. The molecule has 1 heterocycles. The van der Waals surface area contributed by atoms with E-state index < -0.39 is 0 Å². The van der Waals surface area contributed by atoms with Gasteiger partial charge in [0.15, 0.2) is 0 Å². The lowest BCUT2D eigenvalue weighted by Gasteiger charge is -2.27. The molecule has 3 rings (SSSR count). The van der Waals surface area contributed by atoms with E-state index in [0.29, 0.717) is 17.0 Å². The largest absolute Gasteiger partial charge is 0.382 e. The van der Waals surface area contributed by atoms with Crippen LogP contribution in [-0.4, -0.2) is 6.04 Å². The highest BCUT2D eigenvalue weighted by atomic mass is 35.5. The van der Waals surface area contributed by atoms with Gasteiger partial charge >= 0.3 is 0 Å². The summed E-state index contributed by atoms with van der Waals surface area (Å²) in [7, 11) is 0. The lowest BCUT2D eigenvalue weighted by molar-refractivity contribution is 0.576. The number of halogens is 2. The molecule has 1 nitrogen and oxygen atoms in total. The molecule has 1 aliphatic heterocycles.